The summed E-state index contributed by atoms with van der Waals surface area (Å²) < 4.78 is 6.13. The van der Waals surface area contributed by atoms with Crippen molar-refractivity contribution in [1.29, 1.82) is 0 Å². The van der Waals surface area contributed by atoms with Gasteiger partial charge in [0.2, 0.25) is 0 Å². The first-order chi connectivity index (χ1) is 16.3. The van der Waals surface area contributed by atoms with Crippen LogP contribution < -0.4 is 10.2 Å². The zero-order valence-corrected chi connectivity index (χ0v) is 17.9. The Hall–Kier alpha value is -4.44. The molecule has 0 bridgehead atoms. The van der Waals surface area contributed by atoms with Crippen molar-refractivity contribution in [3.05, 3.63) is 126 Å². The third-order valence-corrected chi connectivity index (χ3v) is 5.56. The maximum absolute atomic E-state index is 12.9. The fourth-order valence-corrected chi connectivity index (χ4v) is 3.91. The number of carbonyl (C=O) groups excluding carboxylic acids is 1. The van der Waals surface area contributed by atoms with Crippen molar-refractivity contribution in [1.82, 2.24) is 5.43 Å². The number of hydrogen-bond acceptors (Lipinski definition) is 3. The Kier molecular flexibility index (Phi) is 5.81. The molecule has 0 fully saturated rings. The molecule has 0 aromatic heterocycles. The van der Waals surface area contributed by atoms with Crippen molar-refractivity contribution < 1.29 is 9.53 Å². The van der Waals surface area contributed by atoms with E-state index in [1.807, 2.05) is 103 Å². The first-order valence-electron chi connectivity index (χ1n) is 10.8. The van der Waals surface area contributed by atoms with E-state index in [9.17, 15) is 4.79 Å². The van der Waals surface area contributed by atoms with Gasteiger partial charge in [-0.3, -0.25) is 4.79 Å². The predicted molar refractivity (Wildman–Crippen MR) is 134 cm³/mol. The average molecular weight is 431 g/mol. The fourth-order valence-electron chi connectivity index (χ4n) is 3.91. The van der Waals surface area contributed by atoms with Gasteiger partial charge in [0.05, 0.1) is 6.21 Å². The van der Waals surface area contributed by atoms with E-state index in [-0.39, 0.29) is 5.91 Å². The van der Waals surface area contributed by atoms with Crippen LogP contribution in [0.15, 0.2) is 114 Å². The number of benzene rings is 5. The number of ether oxygens (including phenoxy) is 1. The van der Waals surface area contributed by atoms with E-state index < -0.39 is 0 Å². The zero-order chi connectivity index (χ0) is 22.5. The van der Waals surface area contributed by atoms with Crippen LogP contribution in [-0.2, 0) is 6.61 Å². The summed E-state index contributed by atoms with van der Waals surface area (Å²) in [5.41, 5.74) is 5.17. The van der Waals surface area contributed by atoms with Crippen LogP contribution in [0.4, 0.5) is 0 Å². The molecule has 5 rings (SSSR count). The number of carbonyl (C=O) groups is 1. The standard InChI is InChI=1S/C29H22N2O2/c32-29(26-16-8-13-22-11-4-6-14-24(22)26)31-30-19-27-25-15-7-5-12-23(25)17-18-28(27)33-20-21-9-2-1-3-10-21/h1-19H,20H2,(H,31,32)/b30-19-. The van der Waals surface area contributed by atoms with Gasteiger partial charge in [-0.1, -0.05) is 97.1 Å². The topological polar surface area (TPSA) is 50.7 Å². The first-order valence-corrected chi connectivity index (χ1v) is 10.8. The molecule has 5 aromatic rings. The number of nitrogens with one attached hydrogen (secondary N) is 1. The Labute approximate surface area is 192 Å². The summed E-state index contributed by atoms with van der Waals surface area (Å²) in [6.07, 6.45) is 1.66. The van der Waals surface area contributed by atoms with Gasteiger partial charge in [-0.15, -0.1) is 0 Å². The molecule has 4 heteroatoms. The Morgan fingerprint density at radius 1 is 0.727 bits per heavy atom. The van der Waals surface area contributed by atoms with E-state index >= 15 is 0 Å². The summed E-state index contributed by atoms with van der Waals surface area (Å²) in [7, 11) is 0. The van der Waals surface area contributed by atoms with Crippen LogP contribution in [0.5, 0.6) is 5.75 Å². The van der Waals surface area contributed by atoms with Crippen LogP contribution in [0.3, 0.4) is 0 Å². The van der Waals surface area contributed by atoms with Gasteiger partial charge in [0.25, 0.3) is 5.91 Å². The lowest BCUT2D eigenvalue weighted by atomic mass is 10.0. The molecule has 1 amide bonds. The number of hydrogen-bond donors (Lipinski definition) is 1. The maximum atomic E-state index is 12.9. The molecule has 160 valence electrons. The molecule has 0 saturated carbocycles. The highest BCUT2D eigenvalue weighted by Gasteiger charge is 2.10. The number of rotatable bonds is 6. The van der Waals surface area contributed by atoms with Gasteiger partial charge in [-0.2, -0.15) is 5.10 Å². The van der Waals surface area contributed by atoms with Gasteiger partial charge < -0.3 is 4.74 Å². The molecule has 5 aromatic carbocycles. The first kappa shape index (κ1) is 20.5. The van der Waals surface area contributed by atoms with Crippen molar-refractivity contribution in [2.45, 2.75) is 6.61 Å². The van der Waals surface area contributed by atoms with Gasteiger partial charge in [0.1, 0.15) is 12.4 Å². The van der Waals surface area contributed by atoms with Crippen LogP contribution >= 0.6 is 0 Å². The molecule has 0 heterocycles. The van der Waals surface area contributed by atoms with Crippen LogP contribution in [-0.4, -0.2) is 12.1 Å². The third kappa shape index (κ3) is 4.46. The summed E-state index contributed by atoms with van der Waals surface area (Å²) in [5.74, 6) is 0.454. The summed E-state index contributed by atoms with van der Waals surface area (Å²) >= 11 is 0. The second kappa shape index (κ2) is 9.37. The number of amides is 1. The van der Waals surface area contributed by atoms with Gasteiger partial charge in [-0.05, 0) is 39.2 Å². The Morgan fingerprint density at radius 2 is 1.39 bits per heavy atom. The molecule has 0 unspecified atom stereocenters. The van der Waals surface area contributed by atoms with Gasteiger partial charge in [0.15, 0.2) is 0 Å². The summed E-state index contributed by atoms with van der Waals surface area (Å²) in [4.78, 5) is 12.9. The van der Waals surface area contributed by atoms with Gasteiger partial charge in [-0.25, -0.2) is 5.43 Å². The molecule has 1 N–H and O–H groups in total. The van der Waals surface area contributed by atoms with Crippen molar-refractivity contribution in [2.75, 3.05) is 0 Å². The lowest BCUT2D eigenvalue weighted by molar-refractivity contribution is 0.0957. The van der Waals surface area contributed by atoms with E-state index in [4.69, 9.17) is 4.74 Å². The van der Waals surface area contributed by atoms with E-state index in [0.29, 0.717) is 17.9 Å². The van der Waals surface area contributed by atoms with Crippen molar-refractivity contribution >= 4 is 33.7 Å². The quantitative estimate of drug-likeness (QED) is 0.253. The summed E-state index contributed by atoms with van der Waals surface area (Å²) in [6, 6.07) is 35.5. The molecule has 0 spiro atoms. The van der Waals surface area contributed by atoms with Crippen LogP contribution in [0.1, 0.15) is 21.5 Å². The van der Waals surface area contributed by atoms with Crippen LogP contribution in [0.25, 0.3) is 21.5 Å². The number of nitrogens with zero attached hydrogens (tertiary/aromatic N) is 1. The molecule has 0 aliphatic heterocycles. The van der Waals surface area contributed by atoms with Crippen molar-refractivity contribution in [3.8, 4) is 5.75 Å². The third-order valence-electron chi connectivity index (χ3n) is 5.56. The van der Waals surface area contributed by atoms with Crippen LogP contribution in [0, 0.1) is 0 Å². The highest BCUT2D eigenvalue weighted by Crippen LogP contribution is 2.27. The van der Waals surface area contributed by atoms with E-state index in [1.54, 1.807) is 12.3 Å². The minimum absolute atomic E-state index is 0.255. The number of fused-ring (bicyclic) bond motifs is 2. The van der Waals surface area contributed by atoms with E-state index in [1.165, 1.54) is 0 Å². The molecule has 0 aliphatic rings. The molecule has 0 atom stereocenters. The van der Waals surface area contributed by atoms with Gasteiger partial charge in [0, 0.05) is 11.1 Å². The molecule has 33 heavy (non-hydrogen) atoms. The van der Waals surface area contributed by atoms with E-state index in [2.05, 4.69) is 10.5 Å². The lowest BCUT2D eigenvalue weighted by Crippen LogP contribution is -2.18. The molecular formula is C29H22N2O2. The van der Waals surface area contributed by atoms with E-state index in [0.717, 1.165) is 32.7 Å². The van der Waals surface area contributed by atoms with Crippen molar-refractivity contribution in [3.63, 3.8) is 0 Å². The SMILES string of the molecule is O=C(N/N=C\c1c(OCc2ccccc2)ccc2ccccc12)c1cccc2ccccc12. The highest BCUT2D eigenvalue weighted by molar-refractivity contribution is 6.08. The largest absolute Gasteiger partial charge is 0.488 e. The second-order valence-electron chi connectivity index (χ2n) is 7.70. The average Bonchev–Trinajstić information content (AvgIpc) is 2.88. The maximum Gasteiger partial charge on any atom is 0.271 e. The van der Waals surface area contributed by atoms with Gasteiger partial charge >= 0.3 is 0 Å². The second-order valence-corrected chi connectivity index (χ2v) is 7.70. The minimum Gasteiger partial charge on any atom is -0.488 e. The fraction of sp³-hybridized carbons (Fsp3) is 0.0345. The Bertz CT molecular complexity index is 1450. The van der Waals surface area contributed by atoms with Crippen molar-refractivity contribution in [2.24, 2.45) is 5.10 Å². The molecule has 4 nitrogen and oxygen atoms in total. The predicted octanol–water partition coefficient (Wildman–Crippen LogP) is 6.34. The van der Waals surface area contributed by atoms with Crippen LogP contribution in [0.2, 0.25) is 0 Å². The molecule has 0 saturated heterocycles. The monoisotopic (exact) mass is 430 g/mol. The minimum atomic E-state index is -0.255. The lowest BCUT2D eigenvalue weighted by Gasteiger charge is -2.12. The summed E-state index contributed by atoms with van der Waals surface area (Å²) in [6.45, 7) is 0.447. The smallest absolute Gasteiger partial charge is 0.271 e. The molecular weight excluding hydrogens is 408 g/mol. The normalized spacial score (nSPS) is 11.2. The number of hydrazone groups is 1. The summed E-state index contributed by atoms with van der Waals surface area (Å²) in [5, 5.41) is 8.27. The highest BCUT2D eigenvalue weighted by atomic mass is 16.5. The Balaban J connectivity index is 1.42. The zero-order valence-electron chi connectivity index (χ0n) is 17.9. The molecule has 0 radical (unpaired) electrons. The Morgan fingerprint density at radius 3 is 2.21 bits per heavy atom. The molecule has 0 aliphatic carbocycles.